The molecule has 0 spiro atoms. The molecule has 0 bridgehead atoms. The Morgan fingerprint density at radius 1 is 0.879 bits per heavy atom. The number of nitrogens with two attached hydrogens (primary N) is 1. The highest BCUT2D eigenvalue weighted by molar-refractivity contribution is 7.86. The van der Waals surface area contributed by atoms with Gasteiger partial charge in [-0.1, -0.05) is 47.7 Å². The van der Waals surface area contributed by atoms with Crippen molar-refractivity contribution in [2.45, 2.75) is 18.7 Å². The van der Waals surface area contributed by atoms with E-state index in [1.807, 2.05) is 38.1 Å². The van der Waals surface area contributed by atoms with Gasteiger partial charge in [-0.05, 0) is 43.2 Å². The molecule has 10 heteroatoms. The van der Waals surface area contributed by atoms with Gasteiger partial charge in [0.15, 0.2) is 0 Å². The summed E-state index contributed by atoms with van der Waals surface area (Å²) < 4.78 is 33.6. The molecule has 0 saturated carbocycles. The molecule has 0 unspecified atom stereocenters. The van der Waals surface area contributed by atoms with Crippen LogP contribution in [0, 0.1) is 13.8 Å². The van der Waals surface area contributed by atoms with E-state index in [2.05, 4.69) is 25.5 Å². The zero-order valence-corrected chi connectivity index (χ0v) is 18.7. The molecule has 0 saturated heterocycles. The SMILES string of the molecule is Cc1cccc(C)c1-c1ccc(N=Nc2cc(S(=O)(=O)O)c3ccccc3c2N=NN)cn1. The number of aryl methyl sites for hydroxylation is 2. The van der Waals surface area contributed by atoms with Gasteiger partial charge >= 0.3 is 0 Å². The first kappa shape index (κ1) is 22.2. The van der Waals surface area contributed by atoms with Crippen LogP contribution in [-0.4, -0.2) is 18.0 Å². The zero-order valence-electron chi connectivity index (χ0n) is 17.8. The predicted octanol–water partition coefficient (Wildman–Crippen LogP) is 6.14. The minimum Gasteiger partial charge on any atom is -0.305 e. The first-order valence-corrected chi connectivity index (χ1v) is 11.3. The second-order valence-corrected chi connectivity index (χ2v) is 8.74. The van der Waals surface area contributed by atoms with Crippen molar-refractivity contribution in [2.24, 2.45) is 26.4 Å². The van der Waals surface area contributed by atoms with Gasteiger partial charge in [0, 0.05) is 16.3 Å². The van der Waals surface area contributed by atoms with Crippen molar-refractivity contribution in [3.63, 3.8) is 0 Å². The van der Waals surface area contributed by atoms with Gasteiger partial charge in [0.2, 0.25) is 0 Å². The number of pyridine rings is 1. The van der Waals surface area contributed by atoms with E-state index < -0.39 is 10.1 Å². The molecule has 0 aliphatic rings. The number of hydrogen-bond donors (Lipinski definition) is 2. The molecule has 0 aliphatic carbocycles. The van der Waals surface area contributed by atoms with Crippen LogP contribution in [0.1, 0.15) is 11.1 Å². The molecule has 1 heterocycles. The van der Waals surface area contributed by atoms with Crippen LogP contribution in [0.25, 0.3) is 22.0 Å². The van der Waals surface area contributed by atoms with E-state index in [-0.39, 0.29) is 21.7 Å². The summed E-state index contributed by atoms with van der Waals surface area (Å²) in [5, 5.41) is 16.2. The van der Waals surface area contributed by atoms with E-state index in [0.29, 0.717) is 11.1 Å². The fourth-order valence-corrected chi connectivity index (χ4v) is 4.40. The lowest BCUT2D eigenvalue weighted by Gasteiger charge is -2.09. The van der Waals surface area contributed by atoms with Gasteiger partial charge in [0.05, 0.1) is 11.9 Å². The smallest absolute Gasteiger partial charge is 0.295 e. The van der Waals surface area contributed by atoms with Crippen LogP contribution in [0.5, 0.6) is 0 Å². The Hall–Kier alpha value is -4.02. The second kappa shape index (κ2) is 8.85. The van der Waals surface area contributed by atoms with Crippen LogP contribution in [0.4, 0.5) is 17.1 Å². The lowest BCUT2D eigenvalue weighted by atomic mass is 10.00. The second-order valence-electron chi connectivity index (χ2n) is 7.35. The van der Waals surface area contributed by atoms with Crippen molar-refractivity contribution in [2.75, 3.05) is 0 Å². The average molecular weight is 461 g/mol. The fraction of sp³-hybridized carbons (Fsp3) is 0.0870. The normalized spacial score (nSPS) is 12.2. The highest BCUT2D eigenvalue weighted by Gasteiger charge is 2.20. The molecule has 0 aliphatic heterocycles. The summed E-state index contributed by atoms with van der Waals surface area (Å²) in [6.07, 6.45) is 1.57. The maximum Gasteiger partial charge on any atom is 0.295 e. The maximum absolute atomic E-state index is 12.0. The molecule has 0 amide bonds. The molecule has 0 fully saturated rings. The fourth-order valence-electron chi connectivity index (χ4n) is 3.69. The van der Waals surface area contributed by atoms with Gasteiger partial charge in [0.1, 0.15) is 22.0 Å². The van der Waals surface area contributed by atoms with Crippen LogP contribution in [0.2, 0.25) is 0 Å². The first-order valence-electron chi connectivity index (χ1n) is 9.88. The number of azo groups is 1. The lowest BCUT2D eigenvalue weighted by molar-refractivity contribution is 0.484. The van der Waals surface area contributed by atoms with E-state index in [1.54, 1.807) is 36.5 Å². The molecule has 3 aromatic carbocycles. The molecule has 166 valence electrons. The Morgan fingerprint density at radius 3 is 2.18 bits per heavy atom. The van der Waals surface area contributed by atoms with E-state index in [9.17, 15) is 13.0 Å². The minimum atomic E-state index is -4.53. The highest BCUT2D eigenvalue weighted by Crippen LogP contribution is 2.40. The minimum absolute atomic E-state index is 0.0781. The Bertz CT molecular complexity index is 1490. The predicted molar refractivity (Wildman–Crippen MR) is 126 cm³/mol. The van der Waals surface area contributed by atoms with Crippen LogP contribution in [0.3, 0.4) is 0 Å². The molecule has 9 nitrogen and oxygen atoms in total. The van der Waals surface area contributed by atoms with Crippen LogP contribution in [-0.2, 0) is 10.1 Å². The topological polar surface area (TPSA) is 143 Å². The number of hydrogen-bond acceptors (Lipinski definition) is 7. The zero-order chi connectivity index (χ0) is 23.6. The van der Waals surface area contributed by atoms with Crippen LogP contribution >= 0.6 is 0 Å². The Balaban J connectivity index is 1.79. The number of aromatic nitrogens is 1. The third-order valence-electron chi connectivity index (χ3n) is 5.15. The Labute approximate surface area is 190 Å². The van der Waals surface area contributed by atoms with Crippen molar-refractivity contribution >= 4 is 38.0 Å². The first-order chi connectivity index (χ1) is 15.8. The van der Waals surface area contributed by atoms with E-state index in [4.69, 9.17) is 5.84 Å². The highest BCUT2D eigenvalue weighted by atomic mass is 32.2. The Kier molecular flexibility index (Phi) is 5.95. The summed E-state index contributed by atoms with van der Waals surface area (Å²) in [5.41, 5.74) is 4.84. The number of rotatable bonds is 5. The third kappa shape index (κ3) is 4.47. The third-order valence-corrected chi connectivity index (χ3v) is 6.05. The summed E-state index contributed by atoms with van der Waals surface area (Å²) in [4.78, 5) is 4.18. The molecule has 1 aromatic heterocycles. The van der Waals surface area contributed by atoms with Gasteiger partial charge in [-0.3, -0.25) is 9.54 Å². The number of nitrogens with zero attached hydrogens (tertiary/aromatic N) is 5. The standard InChI is InChI=1S/C23H20N6O3S/c1-14-6-5-7-15(2)22(14)19-11-10-16(13-25-19)26-27-20-12-21(33(30,31)32)17-8-3-4-9-18(17)23(20)28-29-24/h3-13H,1-2H3,(H2,24,28)(H,30,31,32). The molecule has 0 radical (unpaired) electrons. The van der Waals surface area contributed by atoms with Crippen molar-refractivity contribution < 1.29 is 13.0 Å². The molecule has 0 atom stereocenters. The summed E-state index contributed by atoms with van der Waals surface area (Å²) in [6, 6.07) is 17.4. The van der Waals surface area contributed by atoms with E-state index in [0.717, 1.165) is 22.4 Å². The van der Waals surface area contributed by atoms with E-state index in [1.165, 1.54) is 6.07 Å². The van der Waals surface area contributed by atoms with Crippen molar-refractivity contribution in [1.29, 1.82) is 0 Å². The molecular weight excluding hydrogens is 440 g/mol. The monoisotopic (exact) mass is 460 g/mol. The summed E-state index contributed by atoms with van der Waals surface area (Å²) >= 11 is 0. The van der Waals surface area contributed by atoms with Gasteiger partial charge < -0.3 is 5.84 Å². The van der Waals surface area contributed by atoms with Crippen LogP contribution < -0.4 is 5.84 Å². The molecule has 3 N–H and O–H groups in total. The number of benzene rings is 3. The summed E-state index contributed by atoms with van der Waals surface area (Å²) in [6.45, 7) is 4.05. The molecule has 33 heavy (non-hydrogen) atoms. The average Bonchev–Trinajstić information content (AvgIpc) is 2.78. The van der Waals surface area contributed by atoms with Gasteiger partial charge in [-0.2, -0.15) is 8.42 Å². The van der Waals surface area contributed by atoms with Crippen molar-refractivity contribution in [3.05, 3.63) is 78.0 Å². The molecule has 4 aromatic rings. The molecule has 4 rings (SSSR count). The van der Waals surface area contributed by atoms with Gasteiger partial charge in [-0.25, -0.2) is 0 Å². The van der Waals surface area contributed by atoms with Crippen molar-refractivity contribution in [3.8, 4) is 11.3 Å². The van der Waals surface area contributed by atoms with Crippen molar-refractivity contribution in [1.82, 2.24) is 4.98 Å². The summed E-state index contributed by atoms with van der Waals surface area (Å²) in [7, 11) is -4.53. The molecular formula is C23H20N6O3S. The maximum atomic E-state index is 12.0. The lowest BCUT2D eigenvalue weighted by Crippen LogP contribution is -1.99. The quantitative estimate of drug-likeness (QED) is 0.159. The summed E-state index contributed by atoms with van der Waals surface area (Å²) in [5.74, 6) is 5.26. The van der Waals surface area contributed by atoms with E-state index >= 15 is 0 Å². The van der Waals surface area contributed by atoms with Gasteiger partial charge in [0.25, 0.3) is 10.1 Å². The number of fused-ring (bicyclic) bond motifs is 1. The largest absolute Gasteiger partial charge is 0.305 e. The van der Waals surface area contributed by atoms with Crippen LogP contribution in [0.15, 0.2) is 92.3 Å². The Morgan fingerprint density at radius 2 is 1.58 bits per heavy atom. The van der Waals surface area contributed by atoms with Gasteiger partial charge in [-0.15, -0.1) is 15.3 Å².